The van der Waals surface area contributed by atoms with Crippen molar-refractivity contribution in [2.24, 2.45) is 7.05 Å². The van der Waals surface area contributed by atoms with E-state index in [4.69, 9.17) is 16.3 Å². The maximum absolute atomic E-state index is 5.86. The molecule has 0 amide bonds. The lowest BCUT2D eigenvalue weighted by molar-refractivity contribution is 0.429. The maximum Gasteiger partial charge on any atom is 0.341 e. The zero-order valence-electron chi connectivity index (χ0n) is 10.5. The Hall–Kier alpha value is -1.69. The lowest BCUT2D eigenvalue weighted by Crippen LogP contribution is -2.03. The molecule has 0 aliphatic rings. The van der Waals surface area contributed by atoms with Gasteiger partial charge in [-0.25, -0.2) is 9.97 Å². The Bertz CT molecular complexity index is 540. The summed E-state index contributed by atoms with van der Waals surface area (Å²) in [5, 5.41) is 4.02. The second-order valence-electron chi connectivity index (χ2n) is 4.13. The monoisotopic (exact) mass is 267 g/mol. The largest absolute Gasteiger partial charge is 0.420 e. The predicted molar refractivity (Wildman–Crippen MR) is 66.8 cm³/mol. The standard InChI is InChI=1S/C11H14ClN5O/c1-7(2)10-13-5-9(8(4-12)15-10)18-11-14-6-17(3)16-11/h5-7H,4H2,1-3H3. The number of aromatic nitrogens is 5. The van der Waals surface area contributed by atoms with Crippen molar-refractivity contribution >= 4 is 11.6 Å². The molecule has 0 unspecified atom stereocenters. The molecule has 96 valence electrons. The Morgan fingerprint density at radius 1 is 1.39 bits per heavy atom. The van der Waals surface area contributed by atoms with E-state index in [0.717, 1.165) is 5.82 Å². The van der Waals surface area contributed by atoms with E-state index >= 15 is 0 Å². The lowest BCUT2D eigenvalue weighted by Gasteiger charge is -2.08. The van der Waals surface area contributed by atoms with Gasteiger partial charge >= 0.3 is 6.01 Å². The molecular weight excluding hydrogens is 254 g/mol. The van der Waals surface area contributed by atoms with Gasteiger partial charge in [-0.05, 0) is 0 Å². The molecule has 0 saturated heterocycles. The summed E-state index contributed by atoms with van der Waals surface area (Å²) in [6, 6.07) is 0.254. The van der Waals surface area contributed by atoms with Gasteiger partial charge in [0.2, 0.25) is 0 Å². The van der Waals surface area contributed by atoms with Crippen molar-refractivity contribution in [2.75, 3.05) is 0 Å². The van der Waals surface area contributed by atoms with E-state index in [0.29, 0.717) is 11.4 Å². The molecule has 0 N–H and O–H groups in total. The van der Waals surface area contributed by atoms with E-state index in [1.807, 2.05) is 13.8 Å². The van der Waals surface area contributed by atoms with Crippen LogP contribution in [0.15, 0.2) is 12.5 Å². The molecule has 0 radical (unpaired) electrons. The number of hydrogen-bond donors (Lipinski definition) is 0. The number of ether oxygens (including phenoxy) is 1. The molecule has 0 atom stereocenters. The smallest absolute Gasteiger partial charge is 0.341 e. The summed E-state index contributed by atoms with van der Waals surface area (Å²) in [7, 11) is 1.76. The molecule has 2 heterocycles. The third-order valence-corrected chi connectivity index (χ3v) is 2.52. The van der Waals surface area contributed by atoms with Gasteiger partial charge < -0.3 is 4.74 Å². The number of halogens is 1. The molecule has 0 fully saturated rings. The SMILES string of the molecule is CC(C)c1ncc(Oc2ncn(C)n2)c(CCl)n1. The Kier molecular flexibility index (Phi) is 3.76. The number of nitrogens with zero attached hydrogens (tertiary/aromatic N) is 5. The minimum absolute atomic E-state index is 0.244. The van der Waals surface area contributed by atoms with E-state index in [1.165, 1.54) is 0 Å². The van der Waals surface area contributed by atoms with Crippen LogP contribution < -0.4 is 4.74 Å². The van der Waals surface area contributed by atoms with Crippen LogP contribution in [0.1, 0.15) is 31.3 Å². The Morgan fingerprint density at radius 2 is 2.17 bits per heavy atom. The van der Waals surface area contributed by atoms with Crippen molar-refractivity contribution in [2.45, 2.75) is 25.6 Å². The van der Waals surface area contributed by atoms with E-state index in [-0.39, 0.29) is 17.8 Å². The summed E-state index contributed by atoms with van der Waals surface area (Å²) >= 11 is 5.86. The van der Waals surface area contributed by atoms with Gasteiger partial charge in [-0.3, -0.25) is 4.68 Å². The normalized spacial score (nSPS) is 10.9. The van der Waals surface area contributed by atoms with Crippen LogP contribution in [-0.2, 0) is 12.9 Å². The third-order valence-electron chi connectivity index (χ3n) is 2.27. The number of aryl methyl sites for hydroxylation is 1. The van der Waals surface area contributed by atoms with Crippen molar-refractivity contribution < 1.29 is 4.74 Å². The first kappa shape index (κ1) is 12.8. The molecule has 6 nitrogen and oxygen atoms in total. The summed E-state index contributed by atoms with van der Waals surface area (Å²) in [5.41, 5.74) is 0.641. The molecule has 7 heteroatoms. The Morgan fingerprint density at radius 3 is 2.72 bits per heavy atom. The van der Waals surface area contributed by atoms with Crippen LogP contribution in [-0.4, -0.2) is 24.7 Å². The molecule has 0 saturated carbocycles. The Labute approximate surface area is 110 Å². The van der Waals surface area contributed by atoms with Gasteiger partial charge in [-0.2, -0.15) is 4.98 Å². The average Bonchev–Trinajstić information content (AvgIpc) is 2.75. The van der Waals surface area contributed by atoms with Gasteiger partial charge in [-0.15, -0.1) is 16.7 Å². The topological polar surface area (TPSA) is 65.7 Å². The highest BCUT2D eigenvalue weighted by Crippen LogP contribution is 2.23. The zero-order valence-corrected chi connectivity index (χ0v) is 11.2. The van der Waals surface area contributed by atoms with Gasteiger partial charge in [0.1, 0.15) is 17.8 Å². The second kappa shape index (κ2) is 5.30. The number of alkyl halides is 1. The second-order valence-corrected chi connectivity index (χ2v) is 4.40. The molecular formula is C11H14ClN5O. The molecule has 0 spiro atoms. The minimum Gasteiger partial charge on any atom is -0.420 e. The summed E-state index contributed by atoms with van der Waals surface area (Å²) in [6.45, 7) is 4.04. The number of hydrogen-bond acceptors (Lipinski definition) is 5. The van der Waals surface area contributed by atoms with E-state index < -0.39 is 0 Å². The summed E-state index contributed by atoms with van der Waals surface area (Å²) in [5.74, 6) is 1.73. The molecule has 0 aromatic carbocycles. The van der Waals surface area contributed by atoms with Crippen molar-refractivity contribution in [3.05, 3.63) is 24.0 Å². The van der Waals surface area contributed by atoms with E-state index in [9.17, 15) is 0 Å². The zero-order chi connectivity index (χ0) is 13.1. The van der Waals surface area contributed by atoms with E-state index in [2.05, 4.69) is 20.1 Å². The highest BCUT2D eigenvalue weighted by molar-refractivity contribution is 6.17. The summed E-state index contributed by atoms with van der Waals surface area (Å²) in [6.07, 6.45) is 3.16. The fraction of sp³-hybridized carbons (Fsp3) is 0.455. The first-order valence-electron chi connectivity index (χ1n) is 5.55. The van der Waals surface area contributed by atoms with Crippen molar-refractivity contribution in [1.29, 1.82) is 0 Å². The summed E-state index contributed by atoms with van der Waals surface area (Å²) in [4.78, 5) is 12.6. The van der Waals surface area contributed by atoms with Crippen molar-refractivity contribution in [1.82, 2.24) is 24.7 Å². The lowest BCUT2D eigenvalue weighted by atomic mass is 10.2. The third kappa shape index (κ3) is 2.76. The van der Waals surface area contributed by atoms with Crippen LogP contribution in [0.25, 0.3) is 0 Å². The van der Waals surface area contributed by atoms with Gasteiger partial charge in [0.25, 0.3) is 0 Å². The first-order valence-corrected chi connectivity index (χ1v) is 6.09. The van der Waals surface area contributed by atoms with Crippen LogP contribution in [0.2, 0.25) is 0 Å². The van der Waals surface area contributed by atoms with Crippen LogP contribution in [0, 0.1) is 0 Å². The van der Waals surface area contributed by atoms with Crippen molar-refractivity contribution in [3.8, 4) is 11.8 Å². The molecule has 0 aliphatic carbocycles. The molecule has 0 aliphatic heterocycles. The summed E-state index contributed by atoms with van der Waals surface area (Å²) < 4.78 is 7.06. The van der Waals surface area contributed by atoms with Gasteiger partial charge in [0.15, 0.2) is 5.75 Å². The maximum atomic E-state index is 5.86. The number of rotatable bonds is 4. The fourth-order valence-corrected chi connectivity index (χ4v) is 1.54. The minimum atomic E-state index is 0.244. The predicted octanol–water partition coefficient (Wildman–Crippen LogP) is 2.26. The van der Waals surface area contributed by atoms with Gasteiger partial charge in [0, 0.05) is 13.0 Å². The first-order chi connectivity index (χ1) is 8.60. The van der Waals surface area contributed by atoms with Crippen LogP contribution in [0.5, 0.6) is 11.8 Å². The molecule has 18 heavy (non-hydrogen) atoms. The van der Waals surface area contributed by atoms with Crippen LogP contribution in [0.3, 0.4) is 0 Å². The molecule has 2 aromatic rings. The van der Waals surface area contributed by atoms with Gasteiger partial charge in [0.05, 0.1) is 12.1 Å². The van der Waals surface area contributed by atoms with Crippen molar-refractivity contribution in [3.63, 3.8) is 0 Å². The fourth-order valence-electron chi connectivity index (χ4n) is 1.35. The van der Waals surface area contributed by atoms with Gasteiger partial charge in [-0.1, -0.05) is 13.8 Å². The van der Waals surface area contributed by atoms with Crippen LogP contribution >= 0.6 is 11.6 Å². The highest BCUT2D eigenvalue weighted by atomic mass is 35.5. The Balaban J connectivity index is 2.27. The van der Waals surface area contributed by atoms with Crippen LogP contribution in [0.4, 0.5) is 0 Å². The molecule has 2 aromatic heterocycles. The highest BCUT2D eigenvalue weighted by Gasteiger charge is 2.12. The quantitative estimate of drug-likeness (QED) is 0.795. The van der Waals surface area contributed by atoms with E-state index in [1.54, 1.807) is 24.3 Å². The molecule has 2 rings (SSSR count). The average molecular weight is 268 g/mol. The molecule has 0 bridgehead atoms.